The van der Waals surface area contributed by atoms with Gasteiger partial charge in [0.15, 0.2) is 0 Å². The fourth-order valence-electron chi connectivity index (χ4n) is 0.691. The molecule has 0 aromatic carbocycles. The second-order valence-electron chi connectivity index (χ2n) is 2.40. The summed E-state index contributed by atoms with van der Waals surface area (Å²) in [5.74, 6) is -0.00241. The van der Waals surface area contributed by atoms with Crippen molar-refractivity contribution in [3.05, 3.63) is 0 Å². The van der Waals surface area contributed by atoms with Crippen molar-refractivity contribution < 1.29 is 9.59 Å². The van der Waals surface area contributed by atoms with Crippen LogP contribution in [-0.4, -0.2) is 23.2 Å². The molecule has 0 aromatic heterocycles. The van der Waals surface area contributed by atoms with E-state index in [4.69, 9.17) is 0 Å². The van der Waals surface area contributed by atoms with Crippen LogP contribution in [0.2, 0.25) is 0 Å². The molecular formula is C5H8N2O2S. The minimum absolute atomic E-state index is 0.310. The van der Waals surface area contributed by atoms with E-state index in [0.29, 0.717) is 5.75 Å². The maximum absolute atomic E-state index is 10.9. The van der Waals surface area contributed by atoms with Gasteiger partial charge in [-0.3, -0.25) is 10.1 Å². The van der Waals surface area contributed by atoms with Gasteiger partial charge >= 0.3 is 6.03 Å². The number of carbonyl (C=O) groups is 2. The van der Waals surface area contributed by atoms with Crippen molar-refractivity contribution in [1.82, 2.24) is 10.6 Å². The van der Waals surface area contributed by atoms with Crippen LogP contribution in [0.5, 0.6) is 0 Å². The van der Waals surface area contributed by atoms with E-state index >= 15 is 0 Å². The fraction of sp³-hybridized carbons (Fsp3) is 0.600. The third-order valence-corrected chi connectivity index (χ3v) is 2.07. The topological polar surface area (TPSA) is 58.2 Å². The third kappa shape index (κ3) is 0.965. The van der Waals surface area contributed by atoms with Gasteiger partial charge in [0.05, 0.1) is 0 Å². The van der Waals surface area contributed by atoms with Crippen LogP contribution in [0.25, 0.3) is 0 Å². The average Bonchev–Trinajstić information content (AvgIpc) is 2.09. The standard InChI is InChI=1S/C5H8N2O2S/c1-5(2-10)3(8)6-4(9)7-5/h10H,2H2,1H3,(H2,6,7,8,9). The molecule has 0 radical (unpaired) electrons. The van der Waals surface area contributed by atoms with Gasteiger partial charge in [-0.25, -0.2) is 4.79 Å². The molecule has 4 nitrogen and oxygen atoms in total. The molecule has 1 rings (SSSR count). The van der Waals surface area contributed by atoms with Crippen molar-refractivity contribution in [3.8, 4) is 0 Å². The van der Waals surface area contributed by atoms with Gasteiger partial charge in [0, 0.05) is 5.75 Å². The van der Waals surface area contributed by atoms with Crippen molar-refractivity contribution in [3.63, 3.8) is 0 Å². The number of amides is 3. The fourth-order valence-corrected chi connectivity index (χ4v) is 0.914. The quantitative estimate of drug-likeness (QED) is 0.358. The molecule has 0 saturated carbocycles. The number of rotatable bonds is 1. The number of nitrogens with one attached hydrogen (secondary N) is 2. The highest BCUT2D eigenvalue weighted by Gasteiger charge is 2.40. The van der Waals surface area contributed by atoms with Crippen LogP contribution in [0.3, 0.4) is 0 Å². The maximum Gasteiger partial charge on any atom is 0.322 e. The van der Waals surface area contributed by atoms with Crippen LogP contribution in [0.4, 0.5) is 4.79 Å². The Hall–Kier alpha value is -0.710. The Balaban J connectivity index is 2.80. The Morgan fingerprint density at radius 2 is 2.20 bits per heavy atom. The molecule has 1 aliphatic heterocycles. The first-order chi connectivity index (χ1) is 4.58. The number of urea groups is 1. The number of carbonyl (C=O) groups excluding carboxylic acids is 2. The van der Waals surface area contributed by atoms with E-state index in [1.165, 1.54) is 0 Å². The van der Waals surface area contributed by atoms with Gasteiger partial charge in [-0.1, -0.05) is 0 Å². The number of thiol groups is 1. The Bertz CT molecular complexity index is 194. The van der Waals surface area contributed by atoms with E-state index in [-0.39, 0.29) is 5.91 Å². The molecule has 56 valence electrons. The lowest BCUT2D eigenvalue weighted by molar-refractivity contribution is -0.122. The summed E-state index contributed by atoms with van der Waals surface area (Å²) >= 11 is 3.93. The lowest BCUT2D eigenvalue weighted by Gasteiger charge is -2.15. The van der Waals surface area contributed by atoms with Gasteiger partial charge in [-0.2, -0.15) is 12.6 Å². The Labute approximate surface area is 63.8 Å². The molecule has 0 aliphatic carbocycles. The van der Waals surface area contributed by atoms with Gasteiger partial charge in [-0.15, -0.1) is 0 Å². The van der Waals surface area contributed by atoms with Crippen molar-refractivity contribution in [2.24, 2.45) is 0 Å². The van der Waals surface area contributed by atoms with Crippen LogP contribution >= 0.6 is 12.6 Å². The first kappa shape index (κ1) is 7.40. The zero-order valence-corrected chi connectivity index (χ0v) is 6.37. The number of hydrogen-bond donors (Lipinski definition) is 3. The van der Waals surface area contributed by atoms with Crippen LogP contribution in [-0.2, 0) is 4.79 Å². The minimum Gasteiger partial charge on any atom is -0.323 e. The lowest BCUT2D eigenvalue weighted by atomic mass is 10.1. The zero-order chi connectivity index (χ0) is 7.78. The monoisotopic (exact) mass is 160 g/mol. The van der Waals surface area contributed by atoms with Gasteiger partial charge < -0.3 is 5.32 Å². The highest BCUT2D eigenvalue weighted by Crippen LogP contribution is 2.10. The first-order valence-corrected chi connectivity index (χ1v) is 3.46. The summed E-state index contributed by atoms with van der Waals surface area (Å²) in [4.78, 5) is 21.4. The van der Waals surface area contributed by atoms with Crippen LogP contribution < -0.4 is 10.6 Å². The molecular weight excluding hydrogens is 152 g/mol. The smallest absolute Gasteiger partial charge is 0.322 e. The van der Waals surface area contributed by atoms with Crippen LogP contribution in [0.15, 0.2) is 0 Å². The largest absolute Gasteiger partial charge is 0.323 e. The molecule has 5 heteroatoms. The molecule has 0 spiro atoms. The average molecular weight is 160 g/mol. The summed E-state index contributed by atoms with van der Waals surface area (Å²) in [5.41, 5.74) is -0.819. The predicted octanol–water partition coefficient (Wildman–Crippen LogP) is -0.486. The van der Waals surface area contributed by atoms with Gasteiger partial charge in [0.1, 0.15) is 5.54 Å². The molecule has 1 saturated heterocycles. The van der Waals surface area contributed by atoms with E-state index in [2.05, 4.69) is 23.3 Å². The molecule has 1 unspecified atom stereocenters. The van der Waals surface area contributed by atoms with Crippen molar-refractivity contribution in [2.75, 3.05) is 5.75 Å². The summed E-state index contributed by atoms with van der Waals surface area (Å²) in [7, 11) is 0. The molecule has 1 fully saturated rings. The Kier molecular flexibility index (Phi) is 1.60. The Morgan fingerprint density at radius 1 is 1.60 bits per heavy atom. The van der Waals surface area contributed by atoms with Gasteiger partial charge in [-0.05, 0) is 6.92 Å². The molecule has 2 N–H and O–H groups in total. The second kappa shape index (κ2) is 2.16. The summed E-state index contributed by atoms with van der Waals surface area (Å²) in [5, 5.41) is 4.57. The van der Waals surface area contributed by atoms with Crippen molar-refractivity contribution in [1.29, 1.82) is 0 Å². The molecule has 0 bridgehead atoms. The molecule has 1 atom stereocenters. The van der Waals surface area contributed by atoms with E-state index < -0.39 is 11.6 Å². The molecule has 10 heavy (non-hydrogen) atoms. The zero-order valence-electron chi connectivity index (χ0n) is 5.47. The summed E-state index contributed by atoms with van der Waals surface area (Å²) < 4.78 is 0. The molecule has 1 heterocycles. The van der Waals surface area contributed by atoms with Gasteiger partial charge in [0.25, 0.3) is 5.91 Å². The van der Waals surface area contributed by atoms with E-state index in [1.54, 1.807) is 6.92 Å². The summed E-state index contributed by atoms with van der Waals surface area (Å²) in [6.07, 6.45) is 0. The maximum atomic E-state index is 10.9. The normalized spacial score (nSPS) is 31.8. The minimum atomic E-state index is -0.819. The Morgan fingerprint density at radius 3 is 2.40 bits per heavy atom. The van der Waals surface area contributed by atoms with Gasteiger partial charge in [0.2, 0.25) is 0 Å². The highest BCUT2D eigenvalue weighted by atomic mass is 32.1. The summed E-state index contributed by atoms with van der Waals surface area (Å²) in [6.45, 7) is 1.63. The van der Waals surface area contributed by atoms with Crippen LogP contribution in [0.1, 0.15) is 6.92 Å². The predicted molar refractivity (Wildman–Crippen MR) is 38.9 cm³/mol. The molecule has 0 aromatic rings. The molecule has 1 aliphatic rings. The third-order valence-electron chi connectivity index (χ3n) is 1.43. The summed E-state index contributed by atoms with van der Waals surface area (Å²) in [6, 6.07) is -0.443. The number of hydrogen-bond acceptors (Lipinski definition) is 3. The van der Waals surface area contributed by atoms with E-state index in [9.17, 15) is 9.59 Å². The first-order valence-electron chi connectivity index (χ1n) is 2.83. The molecule has 3 amide bonds. The second-order valence-corrected chi connectivity index (χ2v) is 2.71. The number of imide groups is 1. The van der Waals surface area contributed by atoms with Crippen molar-refractivity contribution in [2.45, 2.75) is 12.5 Å². The SMILES string of the molecule is CC1(CS)NC(=O)NC1=O. The van der Waals surface area contributed by atoms with Crippen LogP contribution in [0, 0.1) is 0 Å². The van der Waals surface area contributed by atoms with E-state index in [1.807, 2.05) is 0 Å². The lowest BCUT2D eigenvalue weighted by Crippen LogP contribution is -2.45. The van der Waals surface area contributed by atoms with Crippen molar-refractivity contribution >= 4 is 24.6 Å². The highest BCUT2D eigenvalue weighted by molar-refractivity contribution is 7.80. The van der Waals surface area contributed by atoms with E-state index in [0.717, 1.165) is 0 Å².